The van der Waals surface area contributed by atoms with E-state index < -0.39 is 91.4 Å². The van der Waals surface area contributed by atoms with E-state index in [1.165, 1.54) is 0 Å². The summed E-state index contributed by atoms with van der Waals surface area (Å²) in [5.74, 6) is -8.70. The first kappa shape index (κ1) is 31.2. The number of carbonyl (C=O) groups excluding carboxylic acids is 3. The van der Waals surface area contributed by atoms with Crippen molar-refractivity contribution in [2.75, 3.05) is 0 Å². The average Bonchev–Trinajstić information content (AvgIpc) is 2.72. The zero-order valence-corrected chi connectivity index (χ0v) is 19.4. The lowest BCUT2D eigenvalue weighted by atomic mass is 10.0. The van der Waals surface area contributed by atoms with Gasteiger partial charge in [-0.3, -0.25) is 28.8 Å². The van der Waals surface area contributed by atoms with Crippen LogP contribution in [-0.2, 0) is 33.6 Å². The van der Waals surface area contributed by atoms with Crippen molar-refractivity contribution in [3.8, 4) is 0 Å². The Bertz CT molecular complexity index is 815. The topological polar surface area (TPSA) is 263 Å². The molecule has 4 unspecified atom stereocenters. The van der Waals surface area contributed by atoms with Gasteiger partial charge in [-0.2, -0.15) is 0 Å². The normalized spacial score (nSPS) is 14.2. The van der Waals surface area contributed by atoms with E-state index in [-0.39, 0.29) is 18.8 Å². The molecule has 0 aliphatic heterocycles. The molecule has 0 saturated heterocycles. The summed E-state index contributed by atoms with van der Waals surface area (Å²) in [5, 5.41) is 42.4. The Morgan fingerprint density at radius 2 is 1.11 bits per heavy atom. The molecule has 0 aliphatic carbocycles. The quantitative estimate of drug-likeness (QED) is 0.108. The van der Waals surface area contributed by atoms with Gasteiger partial charge < -0.3 is 42.1 Å². The van der Waals surface area contributed by atoms with Crippen molar-refractivity contribution in [3.63, 3.8) is 0 Å². The molecule has 0 radical (unpaired) electrons. The summed E-state index contributed by atoms with van der Waals surface area (Å²) in [7, 11) is 0. The van der Waals surface area contributed by atoms with Crippen molar-refractivity contribution < 1.29 is 54.0 Å². The summed E-state index contributed by atoms with van der Waals surface area (Å²) in [4.78, 5) is 81.7. The molecule has 0 saturated carbocycles. The Labute approximate surface area is 200 Å². The first-order valence-corrected chi connectivity index (χ1v) is 10.7. The van der Waals surface area contributed by atoms with Gasteiger partial charge in [0.05, 0.1) is 12.5 Å². The summed E-state index contributed by atoms with van der Waals surface area (Å²) < 4.78 is 0. The van der Waals surface area contributed by atoms with Crippen LogP contribution in [0.3, 0.4) is 0 Å². The minimum absolute atomic E-state index is 0.0281. The molecule has 0 heterocycles. The third kappa shape index (κ3) is 13.5. The Morgan fingerprint density at radius 1 is 0.657 bits per heavy atom. The number of carboxylic acid groups (broad SMARTS) is 4. The molecular formula is C20H32N4O11. The summed E-state index contributed by atoms with van der Waals surface area (Å²) in [6, 6.07) is -5.98. The van der Waals surface area contributed by atoms with Crippen LogP contribution in [0.15, 0.2) is 0 Å². The van der Waals surface area contributed by atoms with E-state index in [2.05, 4.69) is 16.0 Å². The summed E-state index contributed by atoms with van der Waals surface area (Å²) >= 11 is 0. The maximum absolute atomic E-state index is 12.7. The van der Waals surface area contributed by atoms with Gasteiger partial charge in [-0.15, -0.1) is 0 Å². The molecule has 4 atom stereocenters. The molecule has 0 aromatic heterocycles. The van der Waals surface area contributed by atoms with E-state index >= 15 is 0 Å². The molecule has 0 bridgehead atoms. The standard InChI is InChI=1S/C20H32N4O11/c1-9(2)7-13(20(34)35)24-19(33)12(8-16(29)30)23-18(32)11(4-6-15(27)28)22-17(31)10(21)3-5-14(25)26/h9-13H,3-8,21H2,1-2H3,(H,22,31)(H,23,32)(H,24,33)(H,25,26)(H,27,28)(H,29,30)(H,34,35). The minimum atomic E-state index is -1.74. The highest BCUT2D eigenvalue weighted by Crippen LogP contribution is 2.07. The van der Waals surface area contributed by atoms with Crippen molar-refractivity contribution in [1.82, 2.24) is 16.0 Å². The predicted octanol–water partition coefficient (Wildman–Crippen LogP) is -1.90. The van der Waals surface area contributed by atoms with E-state index in [4.69, 9.17) is 21.1 Å². The number of amides is 3. The van der Waals surface area contributed by atoms with Gasteiger partial charge in [0, 0.05) is 12.8 Å². The number of hydrogen-bond acceptors (Lipinski definition) is 8. The van der Waals surface area contributed by atoms with Crippen molar-refractivity contribution in [2.45, 2.75) is 76.5 Å². The van der Waals surface area contributed by atoms with Crippen molar-refractivity contribution in [2.24, 2.45) is 11.7 Å². The lowest BCUT2D eigenvalue weighted by molar-refractivity contribution is -0.144. The first-order valence-electron chi connectivity index (χ1n) is 10.7. The first-order chi connectivity index (χ1) is 16.1. The number of nitrogens with one attached hydrogen (secondary N) is 3. The van der Waals surface area contributed by atoms with Gasteiger partial charge in [-0.25, -0.2) is 4.79 Å². The van der Waals surface area contributed by atoms with Gasteiger partial charge in [0.1, 0.15) is 18.1 Å². The molecular weight excluding hydrogens is 472 g/mol. The van der Waals surface area contributed by atoms with Crippen LogP contribution in [0, 0.1) is 5.92 Å². The van der Waals surface area contributed by atoms with Crippen LogP contribution < -0.4 is 21.7 Å². The van der Waals surface area contributed by atoms with E-state index in [0.717, 1.165) is 0 Å². The van der Waals surface area contributed by atoms with Crippen molar-refractivity contribution in [1.29, 1.82) is 0 Å². The van der Waals surface area contributed by atoms with Gasteiger partial charge in [0.15, 0.2) is 0 Å². The van der Waals surface area contributed by atoms with E-state index in [1.54, 1.807) is 13.8 Å². The third-order valence-electron chi connectivity index (χ3n) is 4.62. The molecule has 0 spiro atoms. The highest BCUT2D eigenvalue weighted by molar-refractivity contribution is 5.95. The van der Waals surface area contributed by atoms with Crippen LogP contribution in [0.1, 0.15) is 52.4 Å². The fourth-order valence-electron chi connectivity index (χ4n) is 2.85. The summed E-state index contributed by atoms with van der Waals surface area (Å²) in [6.07, 6.45) is -2.66. The summed E-state index contributed by atoms with van der Waals surface area (Å²) in [6.45, 7) is 3.41. The second-order valence-electron chi connectivity index (χ2n) is 8.22. The molecule has 0 rings (SSSR count). The monoisotopic (exact) mass is 504 g/mol. The van der Waals surface area contributed by atoms with Crippen LogP contribution >= 0.6 is 0 Å². The van der Waals surface area contributed by atoms with E-state index in [9.17, 15) is 38.7 Å². The highest BCUT2D eigenvalue weighted by Gasteiger charge is 2.32. The molecule has 9 N–H and O–H groups in total. The number of aliphatic carboxylic acids is 4. The van der Waals surface area contributed by atoms with Crippen LogP contribution in [0.25, 0.3) is 0 Å². The van der Waals surface area contributed by atoms with Gasteiger partial charge in [0.2, 0.25) is 17.7 Å². The van der Waals surface area contributed by atoms with Crippen molar-refractivity contribution >= 4 is 41.6 Å². The van der Waals surface area contributed by atoms with Gasteiger partial charge in [0.25, 0.3) is 0 Å². The van der Waals surface area contributed by atoms with Crippen LogP contribution in [0.2, 0.25) is 0 Å². The van der Waals surface area contributed by atoms with Crippen LogP contribution in [-0.4, -0.2) is 86.2 Å². The lowest BCUT2D eigenvalue weighted by Crippen LogP contribution is -2.57. The second-order valence-corrected chi connectivity index (χ2v) is 8.22. The molecule has 0 aromatic rings. The van der Waals surface area contributed by atoms with Crippen molar-refractivity contribution in [3.05, 3.63) is 0 Å². The molecule has 0 aliphatic rings. The Kier molecular flexibility index (Phi) is 13.6. The minimum Gasteiger partial charge on any atom is -0.481 e. The molecule has 0 aromatic carbocycles. The number of rotatable bonds is 17. The molecule has 0 fully saturated rings. The largest absolute Gasteiger partial charge is 0.481 e. The van der Waals surface area contributed by atoms with Gasteiger partial charge in [-0.1, -0.05) is 13.8 Å². The lowest BCUT2D eigenvalue weighted by Gasteiger charge is -2.24. The molecule has 15 heteroatoms. The van der Waals surface area contributed by atoms with Crippen LogP contribution in [0.4, 0.5) is 0 Å². The smallest absolute Gasteiger partial charge is 0.326 e. The van der Waals surface area contributed by atoms with E-state index in [1.807, 2.05) is 0 Å². The Balaban J connectivity index is 5.57. The SMILES string of the molecule is CC(C)CC(NC(=O)C(CC(=O)O)NC(=O)C(CCC(=O)O)NC(=O)C(N)CCC(=O)O)C(=O)O. The maximum Gasteiger partial charge on any atom is 0.326 e. The van der Waals surface area contributed by atoms with Crippen LogP contribution in [0.5, 0.6) is 0 Å². The molecule has 3 amide bonds. The third-order valence-corrected chi connectivity index (χ3v) is 4.62. The zero-order chi connectivity index (χ0) is 27.3. The maximum atomic E-state index is 12.7. The zero-order valence-electron chi connectivity index (χ0n) is 19.4. The number of nitrogens with two attached hydrogens (primary N) is 1. The summed E-state index contributed by atoms with van der Waals surface area (Å²) in [5.41, 5.74) is 5.59. The predicted molar refractivity (Wildman–Crippen MR) is 117 cm³/mol. The van der Waals surface area contributed by atoms with E-state index in [0.29, 0.717) is 0 Å². The molecule has 15 nitrogen and oxygen atoms in total. The fraction of sp³-hybridized carbons (Fsp3) is 0.650. The molecule has 198 valence electrons. The number of carboxylic acids is 4. The van der Waals surface area contributed by atoms with Gasteiger partial charge >= 0.3 is 23.9 Å². The average molecular weight is 504 g/mol. The highest BCUT2D eigenvalue weighted by atomic mass is 16.4. The number of carbonyl (C=O) groups is 7. The Morgan fingerprint density at radius 3 is 1.57 bits per heavy atom. The Hall–Kier alpha value is -3.75. The fourth-order valence-corrected chi connectivity index (χ4v) is 2.85. The second kappa shape index (κ2) is 15.2. The molecule has 35 heavy (non-hydrogen) atoms. The number of hydrogen-bond donors (Lipinski definition) is 8. The van der Waals surface area contributed by atoms with Gasteiger partial charge in [-0.05, 0) is 25.2 Å².